The number of hydrogen-bond acceptors (Lipinski definition) is 6. The van der Waals surface area contributed by atoms with Crippen LogP contribution in [0, 0.1) is 17.0 Å². The van der Waals surface area contributed by atoms with Gasteiger partial charge in [-0.25, -0.2) is 22.2 Å². The van der Waals surface area contributed by atoms with E-state index in [1.807, 2.05) is 0 Å². The summed E-state index contributed by atoms with van der Waals surface area (Å²) in [4.78, 5) is 5.04. The van der Waals surface area contributed by atoms with Gasteiger partial charge in [-0.3, -0.25) is 9.62 Å². The van der Waals surface area contributed by atoms with Gasteiger partial charge >= 0.3 is 0 Å². The highest BCUT2D eigenvalue weighted by Gasteiger charge is 2.31. The van der Waals surface area contributed by atoms with Crippen molar-refractivity contribution in [3.8, 4) is 0 Å². The molecule has 1 aliphatic rings. The third-order valence-electron chi connectivity index (χ3n) is 4.89. The van der Waals surface area contributed by atoms with Crippen LogP contribution in [0.2, 0.25) is 0 Å². The van der Waals surface area contributed by atoms with Gasteiger partial charge in [-0.05, 0) is 43.9 Å². The van der Waals surface area contributed by atoms with Crippen molar-refractivity contribution < 1.29 is 17.2 Å². The third-order valence-corrected chi connectivity index (χ3v) is 6.96. The number of nitrogens with one attached hydrogen (secondary N) is 1. The van der Waals surface area contributed by atoms with Gasteiger partial charge in [0.05, 0.1) is 0 Å². The van der Waals surface area contributed by atoms with Crippen LogP contribution >= 0.6 is 11.5 Å². The first-order chi connectivity index (χ1) is 12.6. The second-order valence-corrected chi connectivity index (χ2v) is 10.1. The van der Waals surface area contributed by atoms with E-state index in [9.17, 15) is 17.2 Å². The standard InChI is InChI=1S/C17H22F2N4O2S2/c1-11-8-17(2,3)4-5-23(11)9-12-6-14(19)15(7-13(12)18)27(24,25)22-16-20-10-21-26-16/h6-7,10-11H,4-5,8-9H2,1-3H3,(H,20,21,22)/t11-/m1/s1. The summed E-state index contributed by atoms with van der Waals surface area (Å²) < 4.78 is 59.4. The Bertz CT molecular complexity index is 917. The summed E-state index contributed by atoms with van der Waals surface area (Å²) in [6, 6.07) is 1.93. The quantitative estimate of drug-likeness (QED) is 0.806. The molecule has 1 aromatic heterocycles. The maximum Gasteiger partial charge on any atom is 0.266 e. The molecular formula is C17H22F2N4O2S2. The van der Waals surface area contributed by atoms with Crippen LogP contribution in [0.15, 0.2) is 23.4 Å². The smallest absolute Gasteiger partial charge is 0.266 e. The van der Waals surface area contributed by atoms with Gasteiger partial charge in [-0.15, -0.1) is 0 Å². The zero-order valence-corrected chi connectivity index (χ0v) is 17.0. The largest absolute Gasteiger partial charge is 0.296 e. The zero-order valence-electron chi connectivity index (χ0n) is 15.4. The lowest BCUT2D eigenvalue weighted by atomic mass is 9.79. The molecule has 0 amide bonds. The molecule has 1 saturated heterocycles. The van der Waals surface area contributed by atoms with E-state index in [4.69, 9.17) is 0 Å². The number of rotatable bonds is 5. The molecule has 1 aliphatic heterocycles. The van der Waals surface area contributed by atoms with Crippen molar-refractivity contribution in [3.05, 3.63) is 35.7 Å². The Kier molecular flexibility index (Phi) is 5.51. The van der Waals surface area contributed by atoms with Crippen LogP contribution in [0.4, 0.5) is 13.9 Å². The van der Waals surface area contributed by atoms with Gasteiger partial charge in [0.2, 0.25) is 5.13 Å². The summed E-state index contributed by atoms with van der Waals surface area (Å²) in [5.41, 5.74) is 0.377. The zero-order chi connectivity index (χ0) is 19.8. The molecule has 2 aromatic rings. The second kappa shape index (κ2) is 7.40. The Hall–Kier alpha value is -1.65. The summed E-state index contributed by atoms with van der Waals surface area (Å²) in [5.74, 6) is -1.74. The minimum atomic E-state index is -4.28. The normalized spacial score (nSPS) is 20.6. The summed E-state index contributed by atoms with van der Waals surface area (Å²) in [5, 5.41) is -0.0105. The second-order valence-electron chi connectivity index (χ2n) is 7.66. The first kappa shape index (κ1) is 20.1. The maximum atomic E-state index is 14.6. The van der Waals surface area contributed by atoms with Crippen LogP contribution in [0.1, 0.15) is 39.2 Å². The predicted molar refractivity (Wildman–Crippen MR) is 100.0 cm³/mol. The molecule has 0 bridgehead atoms. The number of nitrogens with zero attached hydrogens (tertiary/aromatic N) is 3. The van der Waals surface area contributed by atoms with Gasteiger partial charge in [0, 0.05) is 29.7 Å². The van der Waals surface area contributed by atoms with Gasteiger partial charge in [-0.2, -0.15) is 4.37 Å². The Morgan fingerprint density at radius 2 is 2.07 bits per heavy atom. The van der Waals surface area contributed by atoms with Gasteiger partial charge in [0.25, 0.3) is 10.0 Å². The minimum Gasteiger partial charge on any atom is -0.296 e. The summed E-state index contributed by atoms with van der Waals surface area (Å²) in [6.07, 6.45) is 3.11. The molecule has 2 heterocycles. The van der Waals surface area contributed by atoms with Crippen LogP contribution in [0.25, 0.3) is 0 Å². The summed E-state index contributed by atoms with van der Waals surface area (Å²) in [6.45, 7) is 7.50. The number of aromatic nitrogens is 2. The number of piperidine rings is 1. The lowest BCUT2D eigenvalue weighted by Gasteiger charge is -2.42. The van der Waals surface area contributed by atoms with Crippen LogP contribution in [0.3, 0.4) is 0 Å². The van der Waals surface area contributed by atoms with Crippen molar-refractivity contribution in [2.45, 2.75) is 51.1 Å². The fourth-order valence-corrected chi connectivity index (χ4v) is 5.17. The number of anilines is 1. The van der Waals surface area contributed by atoms with Gasteiger partial charge < -0.3 is 0 Å². The van der Waals surface area contributed by atoms with Crippen LogP contribution in [0.5, 0.6) is 0 Å². The van der Waals surface area contributed by atoms with E-state index in [0.29, 0.717) is 0 Å². The fourth-order valence-electron chi connectivity index (χ4n) is 3.44. The number of benzene rings is 1. The number of sulfonamides is 1. The van der Waals surface area contributed by atoms with Crippen molar-refractivity contribution in [1.82, 2.24) is 14.3 Å². The summed E-state index contributed by atoms with van der Waals surface area (Å²) in [7, 11) is -4.28. The predicted octanol–water partition coefficient (Wildman–Crippen LogP) is 3.63. The number of hydrogen-bond donors (Lipinski definition) is 1. The Morgan fingerprint density at radius 1 is 1.33 bits per heavy atom. The van der Waals surface area contributed by atoms with Gasteiger partial charge in [0.1, 0.15) is 22.9 Å². The Labute approximate surface area is 161 Å². The van der Waals surface area contributed by atoms with Crippen molar-refractivity contribution in [3.63, 3.8) is 0 Å². The topological polar surface area (TPSA) is 75.2 Å². The van der Waals surface area contributed by atoms with Crippen molar-refractivity contribution in [1.29, 1.82) is 0 Å². The molecular weight excluding hydrogens is 394 g/mol. The molecule has 0 saturated carbocycles. The average Bonchev–Trinajstić information content (AvgIpc) is 3.04. The average molecular weight is 417 g/mol. The highest BCUT2D eigenvalue weighted by atomic mass is 32.2. The lowest BCUT2D eigenvalue weighted by Crippen LogP contribution is -2.43. The van der Waals surface area contributed by atoms with E-state index in [1.165, 1.54) is 6.33 Å². The molecule has 27 heavy (non-hydrogen) atoms. The van der Waals surface area contributed by atoms with Gasteiger partial charge in [-0.1, -0.05) is 13.8 Å². The highest BCUT2D eigenvalue weighted by molar-refractivity contribution is 7.93. The first-order valence-electron chi connectivity index (χ1n) is 8.59. The molecule has 1 fully saturated rings. The van der Waals surface area contributed by atoms with Crippen LogP contribution < -0.4 is 4.72 Å². The van der Waals surface area contributed by atoms with E-state index in [-0.39, 0.29) is 28.7 Å². The van der Waals surface area contributed by atoms with E-state index >= 15 is 0 Å². The van der Waals surface area contributed by atoms with Crippen molar-refractivity contribution in [2.75, 3.05) is 11.3 Å². The number of halogens is 2. The van der Waals surface area contributed by atoms with Crippen molar-refractivity contribution in [2.24, 2.45) is 5.41 Å². The lowest BCUT2D eigenvalue weighted by molar-refractivity contribution is 0.0731. The molecule has 3 rings (SSSR count). The molecule has 10 heteroatoms. The molecule has 1 aromatic carbocycles. The molecule has 0 radical (unpaired) electrons. The molecule has 6 nitrogen and oxygen atoms in total. The highest BCUT2D eigenvalue weighted by Crippen LogP contribution is 2.34. The van der Waals surface area contributed by atoms with E-state index in [2.05, 4.69) is 39.8 Å². The Morgan fingerprint density at radius 3 is 2.70 bits per heavy atom. The Balaban J connectivity index is 1.81. The minimum absolute atomic E-state index is 0.0105. The van der Waals surface area contributed by atoms with E-state index in [0.717, 1.165) is 43.1 Å². The monoisotopic (exact) mass is 416 g/mol. The molecule has 148 valence electrons. The fraction of sp³-hybridized carbons (Fsp3) is 0.529. The first-order valence-corrected chi connectivity index (χ1v) is 10.8. The van der Waals surface area contributed by atoms with Crippen LogP contribution in [-0.4, -0.2) is 35.3 Å². The molecule has 1 atom stereocenters. The SMILES string of the molecule is C[C@@H]1CC(C)(C)CCN1Cc1cc(F)c(S(=O)(=O)Nc2ncns2)cc1F. The maximum absolute atomic E-state index is 14.6. The number of likely N-dealkylation sites (tertiary alicyclic amines) is 1. The van der Waals surface area contributed by atoms with E-state index in [1.54, 1.807) is 0 Å². The van der Waals surface area contributed by atoms with E-state index < -0.39 is 26.6 Å². The third kappa shape index (κ3) is 4.61. The molecule has 0 aliphatic carbocycles. The molecule has 0 spiro atoms. The molecule has 1 N–H and O–H groups in total. The van der Waals surface area contributed by atoms with Crippen molar-refractivity contribution >= 4 is 26.7 Å². The van der Waals surface area contributed by atoms with Gasteiger partial charge in [0.15, 0.2) is 0 Å². The summed E-state index contributed by atoms with van der Waals surface area (Å²) >= 11 is 0.807. The molecule has 0 unspecified atom stereocenters. The van der Waals surface area contributed by atoms with Crippen LogP contribution in [-0.2, 0) is 16.6 Å².